The number of rotatable bonds is 2. The molecule has 2 atom stereocenters. The number of piperidine rings is 1. The van der Waals surface area contributed by atoms with E-state index in [0.717, 1.165) is 25.2 Å². The molecular weight excluding hydrogens is 256 g/mol. The second-order valence-corrected chi connectivity index (χ2v) is 5.68. The predicted octanol–water partition coefficient (Wildman–Crippen LogP) is 0.694. The van der Waals surface area contributed by atoms with Gasteiger partial charge in [0.15, 0.2) is 0 Å². The summed E-state index contributed by atoms with van der Waals surface area (Å²) in [7, 11) is 1.85. The smallest absolute Gasteiger partial charge is 0.317 e. The lowest BCUT2D eigenvalue weighted by molar-refractivity contribution is 0.145. The van der Waals surface area contributed by atoms with Crippen molar-refractivity contribution in [3.05, 3.63) is 23.5 Å². The zero-order chi connectivity index (χ0) is 14.3. The van der Waals surface area contributed by atoms with Gasteiger partial charge in [-0.25, -0.2) is 4.79 Å². The van der Waals surface area contributed by atoms with E-state index in [1.54, 1.807) is 17.0 Å². The van der Waals surface area contributed by atoms with Crippen molar-refractivity contribution in [1.29, 1.82) is 0 Å². The highest BCUT2D eigenvalue weighted by atomic mass is 16.3. The Morgan fingerprint density at radius 3 is 3.10 bits per heavy atom. The molecule has 0 aromatic carbocycles. The Bertz CT molecular complexity index is 534. The van der Waals surface area contributed by atoms with Crippen molar-refractivity contribution in [3.8, 4) is 5.75 Å². The molecule has 2 N–H and O–H groups in total. The Kier molecular flexibility index (Phi) is 3.25. The van der Waals surface area contributed by atoms with Crippen LogP contribution in [0, 0.1) is 6.92 Å². The Hall–Kier alpha value is -1.82. The van der Waals surface area contributed by atoms with E-state index >= 15 is 0 Å². The third kappa shape index (κ3) is 2.31. The summed E-state index contributed by atoms with van der Waals surface area (Å²) in [5.74, 6) is 0.241. The number of fused-ring (bicyclic) bond motifs is 1. The van der Waals surface area contributed by atoms with Gasteiger partial charge in [0.1, 0.15) is 5.75 Å². The number of likely N-dealkylation sites (tertiary alicyclic amines) is 1. The van der Waals surface area contributed by atoms with E-state index in [4.69, 9.17) is 0 Å². The monoisotopic (exact) mass is 276 g/mol. The molecule has 0 radical (unpaired) electrons. The summed E-state index contributed by atoms with van der Waals surface area (Å²) in [6.07, 6.45) is 0.951. The fraction of sp³-hybridized carbons (Fsp3) is 0.571. The number of likely N-dealkylation sites (N-methyl/N-ethyl adjacent to an activating group) is 1. The zero-order valence-corrected chi connectivity index (χ0v) is 11.8. The number of nitrogens with one attached hydrogen (secondary N) is 1. The molecule has 6 heteroatoms. The average Bonchev–Trinajstić information content (AvgIpc) is 2.69. The molecule has 108 valence electrons. The number of aromatic nitrogens is 1. The summed E-state index contributed by atoms with van der Waals surface area (Å²) in [4.78, 5) is 20.1. The van der Waals surface area contributed by atoms with Crippen molar-refractivity contribution in [2.75, 3.05) is 20.1 Å². The molecule has 6 nitrogen and oxygen atoms in total. The van der Waals surface area contributed by atoms with E-state index in [1.165, 1.54) is 0 Å². The van der Waals surface area contributed by atoms with E-state index in [1.807, 2.05) is 14.0 Å². The number of nitrogens with zero attached hydrogens (tertiary/aromatic N) is 3. The quantitative estimate of drug-likeness (QED) is 0.834. The van der Waals surface area contributed by atoms with Crippen molar-refractivity contribution in [2.45, 2.75) is 32.0 Å². The number of aromatic hydroxyl groups is 1. The molecule has 0 aliphatic carbocycles. The first-order valence-corrected chi connectivity index (χ1v) is 6.96. The van der Waals surface area contributed by atoms with E-state index in [0.29, 0.717) is 12.2 Å². The van der Waals surface area contributed by atoms with E-state index in [9.17, 15) is 9.90 Å². The molecule has 0 spiro atoms. The van der Waals surface area contributed by atoms with Gasteiger partial charge in [-0.15, -0.1) is 0 Å². The maximum absolute atomic E-state index is 11.6. The van der Waals surface area contributed by atoms with Crippen LogP contribution in [0.15, 0.2) is 12.1 Å². The molecule has 0 saturated carbocycles. The van der Waals surface area contributed by atoms with Gasteiger partial charge in [0.2, 0.25) is 0 Å². The Morgan fingerprint density at radius 1 is 1.50 bits per heavy atom. The highest BCUT2D eigenvalue weighted by Crippen LogP contribution is 2.24. The number of carbonyl (C=O) groups excluding carboxylic acids is 1. The standard InChI is InChI=1S/C14H20N4O2/c1-9-3-4-13(19)11(15-9)8-18-6-5-12-10(7-18)16-14(20)17(12)2/h3-4,10,12,19H,5-8H2,1-2H3,(H,16,20)/t10-,12+/m1/s1. The summed E-state index contributed by atoms with van der Waals surface area (Å²) < 4.78 is 0. The lowest BCUT2D eigenvalue weighted by Crippen LogP contribution is -2.50. The number of carbonyl (C=O) groups is 1. The van der Waals surface area contributed by atoms with Crippen LogP contribution in [0.5, 0.6) is 5.75 Å². The van der Waals surface area contributed by atoms with Gasteiger partial charge in [-0.05, 0) is 25.5 Å². The molecular formula is C14H20N4O2. The van der Waals surface area contributed by atoms with Crippen LogP contribution in [0.25, 0.3) is 0 Å². The molecule has 2 amide bonds. The molecule has 3 heterocycles. The third-order valence-electron chi connectivity index (χ3n) is 4.25. The first-order valence-electron chi connectivity index (χ1n) is 6.96. The van der Waals surface area contributed by atoms with E-state index < -0.39 is 0 Å². The van der Waals surface area contributed by atoms with Crippen LogP contribution in [0.1, 0.15) is 17.8 Å². The minimum absolute atomic E-state index is 0.0124. The van der Waals surface area contributed by atoms with Gasteiger partial charge in [-0.3, -0.25) is 9.88 Å². The third-order valence-corrected chi connectivity index (χ3v) is 4.25. The molecule has 3 rings (SSSR count). The SMILES string of the molecule is Cc1ccc(O)c(CN2CC[C@H]3[C@@H](C2)NC(=O)N3C)n1. The fourth-order valence-electron chi connectivity index (χ4n) is 3.10. The molecule has 2 aliphatic heterocycles. The number of hydrogen-bond acceptors (Lipinski definition) is 4. The van der Waals surface area contributed by atoms with E-state index in [2.05, 4.69) is 15.2 Å². The van der Waals surface area contributed by atoms with Crippen LogP contribution < -0.4 is 5.32 Å². The summed E-state index contributed by atoms with van der Waals surface area (Å²) in [6.45, 7) is 4.25. The highest BCUT2D eigenvalue weighted by molar-refractivity contribution is 5.77. The number of hydrogen-bond donors (Lipinski definition) is 2. The van der Waals surface area contributed by atoms with Crippen molar-refractivity contribution in [3.63, 3.8) is 0 Å². The lowest BCUT2D eigenvalue weighted by Gasteiger charge is -2.35. The fourth-order valence-corrected chi connectivity index (χ4v) is 3.10. The minimum Gasteiger partial charge on any atom is -0.506 e. The topological polar surface area (TPSA) is 68.7 Å². The largest absolute Gasteiger partial charge is 0.506 e. The van der Waals surface area contributed by atoms with Crippen molar-refractivity contribution in [1.82, 2.24) is 20.1 Å². The maximum atomic E-state index is 11.6. The Morgan fingerprint density at radius 2 is 2.30 bits per heavy atom. The van der Waals surface area contributed by atoms with Crippen LogP contribution in [0.2, 0.25) is 0 Å². The normalized spacial score (nSPS) is 26.5. The van der Waals surface area contributed by atoms with Gasteiger partial charge in [0.05, 0.1) is 17.8 Å². The van der Waals surface area contributed by atoms with Crippen LogP contribution in [-0.2, 0) is 6.54 Å². The number of aryl methyl sites for hydroxylation is 1. The van der Waals surface area contributed by atoms with Crippen LogP contribution >= 0.6 is 0 Å². The molecule has 0 unspecified atom stereocenters. The summed E-state index contributed by atoms with van der Waals surface area (Å²) in [5.41, 5.74) is 1.61. The van der Waals surface area contributed by atoms with Gasteiger partial charge in [0, 0.05) is 32.4 Å². The maximum Gasteiger partial charge on any atom is 0.317 e. The molecule has 1 aromatic heterocycles. The van der Waals surface area contributed by atoms with Crippen LogP contribution in [0.3, 0.4) is 0 Å². The first-order chi connectivity index (χ1) is 9.54. The number of amides is 2. The highest BCUT2D eigenvalue weighted by Gasteiger charge is 2.40. The predicted molar refractivity (Wildman–Crippen MR) is 74.4 cm³/mol. The summed E-state index contributed by atoms with van der Waals surface area (Å²) >= 11 is 0. The van der Waals surface area contributed by atoms with Crippen molar-refractivity contribution >= 4 is 6.03 Å². The molecule has 0 bridgehead atoms. The molecule has 1 aromatic rings. The number of urea groups is 1. The molecule has 2 aliphatic rings. The summed E-state index contributed by atoms with van der Waals surface area (Å²) in [6, 6.07) is 3.97. The first kappa shape index (κ1) is 13.2. The van der Waals surface area contributed by atoms with Gasteiger partial charge < -0.3 is 15.3 Å². The zero-order valence-electron chi connectivity index (χ0n) is 11.8. The molecule has 2 saturated heterocycles. The Balaban J connectivity index is 1.68. The van der Waals surface area contributed by atoms with E-state index in [-0.39, 0.29) is 23.9 Å². The Labute approximate surface area is 118 Å². The number of pyridine rings is 1. The minimum atomic E-state index is 0.0124. The summed E-state index contributed by atoms with van der Waals surface area (Å²) in [5, 5.41) is 12.9. The lowest BCUT2D eigenvalue weighted by atomic mass is 10.00. The van der Waals surface area contributed by atoms with Gasteiger partial charge in [-0.2, -0.15) is 0 Å². The van der Waals surface area contributed by atoms with Gasteiger partial charge in [0.25, 0.3) is 0 Å². The van der Waals surface area contributed by atoms with Crippen molar-refractivity contribution < 1.29 is 9.90 Å². The average molecular weight is 276 g/mol. The molecule has 20 heavy (non-hydrogen) atoms. The molecule has 2 fully saturated rings. The van der Waals surface area contributed by atoms with Crippen molar-refractivity contribution in [2.24, 2.45) is 0 Å². The second-order valence-electron chi connectivity index (χ2n) is 5.68. The van der Waals surface area contributed by atoms with Gasteiger partial charge >= 0.3 is 6.03 Å². The van der Waals surface area contributed by atoms with Crippen LogP contribution in [-0.4, -0.2) is 58.1 Å². The second kappa shape index (κ2) is 4.94. The van der Waals surface area contributed by atoms with Crippen LogP contribution in [0.4, 0.5) is 4.79 Å². The van der Waals surface area contributed by atoms with Gasteiger partial charge in [-0.1, -0.05) is 0 Å².